The SMILES string of the molecule is CCO[Si](C)(CCCNC[SiH2]CCc1c([SiH](C)C)cc(C(C)[Si](OC)(OC)OC)c([SiH](C)C)c1N(CC)CC)OCC. The van der Waals surface area contributed by atoms with E-state index in [1.54, 1.807) is 43.0 Å². The van der Waals surface area contributed by atoms with Gasteiger partial charge in [-0.2, -0.15) is 0 Å². The molecule has 0 saturated heterocycles. The molecule has 1 N–H and O–H groups in total. The summed E-state index contributed by atoms with van der Waals surface area (Å²) in [5.41, 5.74) is 4.71. The van der Waals surface area contributed by atoms with E-state index in [1.165, 1.54) is 24.2 Å². The van der Waals surface area contributed by atoms with E-state index in [2.05, 4.69) is 83.6 Å². The molecule has 1 aromatic rings. The molecule has 1 unspecified atom stereocenters. The van der Waals surface area contributed by atoms with Gasteiger partial charge in [0.1, 0.15) is 0 Å². The maximum Gasteiger partial charge on any atom is 0.507 e. The van der Waals surface area contributed by atoms with Gasteiger partial charge in [-0.05, 0) is 82.2 Å². The molecular formula is C30H66N2O5Si5. The summed E-state index contributed by atoms with van der Waals surface area (Å²) in [6.45, 7) is 27.8. The average molecular weight is 675 g/mol. The van der Waals surface area contributed by atoms with Gasteiger partial charge in [0.25, 0.3) is 0 Å². The first-order valence-corrected chi connectivity index (χ1v) is 28.6. The average Bonchev–Trinajstić information content (AvgIpc) is 2.96. The second-order valence-electron chi connectivity index (χ2n) is 12.0. The number of benzene rings is 1. The first-order chi connectivity index (χ1) is 20.0. The lowest BCUT2D eigenvalue weighted by Crippen LogP contribution is -2.52. The minimum absolute atomic E-state index is 0.0891. The predicted molar refractivity (Wildman–Crippen MR) is 196 cm³/mol. The highest BCUT2D eigenvalue weighted by Gasteiger charge is 2.47. The standard InChI is InChI=1S/C30H66N2O5Si5/c1-14-32(15-2)29-26(19-21-38-24-31-20-18-22-41(13,36-16-3)37-17-4)28(39(9)10)23-27(30(29)40(11)12)25(5)42(33-6,34-7)35-8/h23,25,31,39-40H,14-22,24,38H2,1-13H3. The van der Waals surface area contributed by atoms with E-state index in [0.29, 0.717) is 0 Å². The third-order valence-electron chi connectivity index (χ3n) is 8.55. The Hall–Kier alpha value is -0.136. The van der Waals surface area contributed by atoms with Crippen LogP contribution >= 0.6 is 0 Å². The van der Waals surface area contributed by atoms with Gasteiger partial charge >= 0.3 is 17.4 Å². The third-order valence-corrected chi connectivity index (χ3v) is 19.8. The Morgan fingerprint density at radius 1 is 0.929 bits per heavy atom. The van der Waals surface area contributed by atoms with Crippen molar-refractivity contribution in [3.8, 4) is 0 Å². The monoisotopic (exact) mass is 674 g/mol. The molecule has 0 radical (unpaired) electrons. The van der Waals surface area contributed by atoms with Gasteiger partial charge in [0, 0.05) is 62.8 Å². The first kappa shape index (κ1) is 39.9. The molecule has 1 aromatic carbocycles. The molecule has 1 atom stereocenters. The van der Waals surface area contributed by atoms with E-state index in [0.717, 1.165) is 45.3 Å². The zero-order valence-corrected chi connectivity index (χ0v) is 35.3. The van der Waals surface area contributed by atoms with Crippen molar-refractivity contribution in [1.82, 2.24) is 5.32 Å². The van der Waals surface area contributed by atoms with Crippen molar-refractivity contribution in [3.63, 3.8) is 0 Å². The lowest BCUT2D eigenvalue weighted by atomic mass is 10.0. The summed E-state index contributed by atoms with van der Waals surface area (Å²) in [5.74, 6) is 0. The molecule has 0 saturated carbocycles. The highest BCUT2D eigenvalue weighted by molar-refractivity contribution is 6.75. The van der Waals surface area contributed by atoms with Gasteiger partial charge in [-0.1, -0.05) is 50.4 Å². The van der Waals surface area contributed by atoms with Gasteiger partial charge in [0.15, 0.2) is 0 Å². The maximum absolute atomic E-state index is 6.03. The Balaban J connectivity index is 3.25. The Morgan fingerprint density at radius 2 is 1.50 bits per heavy atom. The van der Waals surface area contributed by atoms with E-state index < -0.39 is 35.0 Å². The van der Waals surface area contributed by atoms with Gasteiger partial charge < -0.3 is 32.3 Å². The minimum Gasteiger partial charge on any atom is -0.395 e. The van der Waals surface area contributed by atoms with Crippen molar-refractivity contribution in [1.29, 1.82) is 0 Å². The molecule has 0 aliphatic carbocycles. The van der Waals surface area contributed by atoms with Crippen LogP contribution < -0.4 is 20.6 Å². The van der Waals surface area contributed by atoms with Crippen LogP contribution in [0.15, 0.2) is 6.07 Å². The first-order valence-electron chi connectivity index (χ1n) is 16.5. The van der Waals surface area contributed by atoms with Crippen molar-refractivity contribution in [3.05, 3.63) is 17.2 Å². The fourth-order valence-electron chi connectivity index (χ4n) is 6.39. The van der Waals surface area contributed by atoms with Crippen LogP contribution in [0.25, 0.3) is 0 Å². The molecule has 1 rings (SSSR count). The highest BCUT2D eigenvalue weighted by Crippen LogP contribution is 2.32. The minimum atomic E-state index is -2.86. The number of nitrogens with one attached hydrogen (secondary N) is 1. The number of nitrogens with zero attached hydrogens (tertiary/aromatic N) is 1. The highest BCUT2D eigenvalue weighted by atomic mass is 28.4. The topological polar surface area (TPSA) is 61.4 Å². The molecule has 0 aliphatic heterocycles. The second kappa shape index (κ2) is 20.1. The molecule has 0 spiro atoms. The van der Waals surface area contributed by atoms with E-state index in [1.807, 2.05) is 0 Å². The Bertz CT molecular complexity index is 887. The molecular weight excluding hydrogens is 609 g/mol. The largest absolute Gasteiger partial charge is 0.507 e. The molecule has 0 heterocycles. The molecule has 7 nitrogen and oxygen atoms in total. The number of anilines is 1. The van der Waals surface area contributed by atoms with Crippen LogP contribution in [-0.4, -0.2) is 105 Å². The van der Waals surface area contributed by atoms with E-state index in [-0.39, 0.29) is 15.1 Å². The molecule has 0 amide bonds. The van der Waals surface area contributed by atoms with Crippen LogP contribution in [0.5, 0.6) is 0 Å². The lowest BCUT2D eigenvalue weighted by molar-refractivity contribution is 0.114. The Kier molecular flexibility index (Phi) is 19.1. The summed E-state index contributed by atoms with van der Waals surface area (Å²) < 4.78 is 30.1. The smallest absolute Gasteiger partial charge is 0.395 e. The summed E-state index contributed by atoms with van der Waals surface area (Å²) in [6, 6.07) is 4.97. The normalized spacial score (nSPS) is 13.7. The van der Waals surface area contributed by atoms with Crippen LogP contribution in [0.3, 0.4) is 0 Å². The van der Waals surface area contributed by atoms with Crippen LogP contribution in [0, 0.1) is 0 Å². The maximum atomic E-state index is 6.03. The molecule has 0 bridgehead atoms. The van der Waals surface area contributed by atoms with E-state index in [4.69, 9.17) is 22.1 Å². The summed E-state index contributed by atoms with van der Waals surface area (Å²) in [7, 11) is -2.14. The van der Waals surface area contributed by atoms with Gasteiger partial charge in [-0.3, -0.25) is 0 Å². The van der Waals surface area contributed by atoms with Crippen molar-refractivity contribution in [2.24, 2.45) is 0 Å². The van der Waals surface area contributed by atoms with Crippen molar-refractivity contribution in [2.45, 2.75) is 97.8 Å². The molecule has 12 heteroatoms. The van der Waals surface area contributed by atoms with Crippen LogP contribution in [0.1, 0.15) is 57.7 Å². The fraction of sp³-hybridized carbons (Fsp3) is 0.800. The van der Waals surface area contributed by atoms with Crippen molar-refractivity contribution in [2.75, 3.05) is 65.2 Å². The number of hydrogen-bond acceptors (Lipinski definition) is 7. The van der Waals surface area contributed by atoms with E-state index in [9.17, 15) is 0 Å². The Labute approximate surface area is 267 Å². The summed E-state index contributed by atoms with van der Waals surface area (Å²) in [4.78, 5) is 2.64. The van der Waals surface area contributed by atoms with E-state index >= 15 is 0 Å². The second-order valence-corrected chi connectivity index (χ2v) is 26.4. The molecule has 246 valence electrons. The predicted octanol–water partition coefficient (Wildman–Crippen LogP) is 3.65. The van der Waals surface area contributed by atoms with Gasteiger partial charge in [0.2, 0.25) is 0 Å². The van der Waals surface area contributed by atoms with Crippen LogP contribution in [-0.2, 0) is 28.6 Å². The van der Waals surface area contributed by atoms with Gasteiger partial charge in [-0.15, -0.1) is 0 Å². The van der Waals surface area contributed by atoms with Crippen LogP contribution in [0.4, 0.5) is 5.69 Å². The van der Waals surface area contributed by atoms with Crippen LogP contribution in [0.2, 0.25) is 44.8 Å². The summed E-state index contributed by atoms with van der Waals surface area (Å²) in [5, 5.41) is 6.98. The summed E-state index contributed by atoms with van der Waals surface area (Å²) in [6.07, 6.45) is 3.52. The van der Waals surface area contributed by atoms with Crippen molar-refractivity contribution < 1.29 is 22.1 Å². The Morgan fingerprint density at radius 3 is 1.95 bits per heavy atom. The van der Waals surface area contributed by atoms with Gasteiger partial charge in [-0.25, -0.2) is 0 Å². The fourth-order valence-corrected chi connectivity index (χ4v) is 15.9. The molecule has 0 fully saturated rings. The number of hydrogen-bond donors (Lipinski definition) is 1. The molecule has 0 aliphatic rings. The summed E-state index contributed by atoms with van der Waals surface area (Å²) >= 11 is 0. The molecule has 42 heavy (non-hydrogen) atoms. The zero-order chi connectivity index (χ0) is 31.9. The quantitative estimate of drug-likeness (QED) is 0.141. The lowest BCUT2D eigenvalue weighted by Gasteiger charge is -2.37. The zero-order valence-electron chi connectivity index (χ0n) is 29.6. The number of rotatable bonds is 23. The molecule has 0 aromatic heterocycles. The van der Waals surface area contributed by atoms with Crippen molar-refractivity contribution >= 4 is 60.5 Å². The van der Waals surface area contributed by atoms with Gasteiger partial charge in [0.05, 0.1) is 23.1 Å². The third kappa shape index (κ3) is 10.7.